The van der Waals surface area contributed by atoms with Gasteiger partial charge in [0.15, 0.2) is 0 Å². The van der Waals surface area contributed by atoms with Crippen molar-refractivity contribution in [1.82, 2.24) is 10.6 Å². The molecule has 1 unspecified atom stereocenters. The van der Waals surface area contributed by atoms with Gasteiger partial charge in [-0.2, -0.15) is 0 Å². The van der Waals surface area contributed by atoms with Crippen LogP contribution >= 0.6 is 0 Å². The van der Waals surface area contributed by atoms with Crippen LogP contribution in [-0.2, 0) is 14.8 Å². The number of amides is 2. The quantitative estimate of drug-likeness (QED) is 0.416. The average Bonchev–Trinajstić information content (AvgIpc) is 2.31. The lowest BCUT2D eigenvalue weighted by Gasteiger charge is -2.11. The first kappa shape index (κ1) is 18.7. The molecule has 5 N–H and O–H groups in total. The number of urea groups is 1. The number of carboxylic acids is 1. The van der Waals surface area contributed by atoms with Gasteiger partial charge in [-0.3, -0.25) is 4.79 Å². The summed E-state index contributed by atoms with van der Waals surface area (Å²) in [4.78, 5) is 21.7. The first-order valence-electron chi connectivity index (χ1n) is 6.44. The number of carbonyl (C=O) groups is 2. The molecular weight excluding hydrogens is 286 g/mol. The third-order valence-corrected chi connectivity index (χ3v) is 3.52. The van der Waals surface area contributed by atoms with Crippen LogP contribution in [0.2, 0.25) is 0 Å². The van der Waals surface area contributed by atoms with Crippen molar-refractivity contribution < 1.29 is 23.1 Å². The van der Waals surface area contributed by atoms with Crippen molar-refractivity contribution in [2.45, 2.75) is 32.6 Å². The molecule has 0 spiro atoms. The number of primary sulfonamides is 1. The normalized spacial score (nSPS) is 12.7. The van der Waals surface area contributed by atoms with E-state index in [9.17, 15) is 18.0 Å². The molecular formula is C11H23N3O5S. The summed E-state index contributed by atoms with van der Waals surface area (Å²) < 4.78 is 21.3. The van der Waals surface area contributed by atoms with Crippen LogP contribution in [0.3, 0.4) is 0 Å². The molecule has 0 aromatic heterocycles. The second-order valence-corrected chi connectivity index (χ2v) is 6.46. The van der Waals surface area contributed by atoms with Crippen LogP contribution in [-0.4, -0.2) is 44.4 Å². The summed E-state index contributed by atoms with van der Waals surface area (Å²) in [6.07, 6.45) is 1.66. The minimum Gasteiger partial charge on any atom is -0.481 e. The summed E-state index contributed by atoms with van der Waals surface area (Å²) in [6.45, 7) is 2.60. The van der Waals surface area contributed by atoms with E-state index in [-0.39, 0.29) is 37.1 Å². The first-order valence-corrected chi connectivity index (χ1v) is 8.16. The molecule has 0 aromatic carbocycles. The van der Waals surface area contributed by atoms with Crippen LogP contribution in [0.15, 0.2) is 0 Å². The van der Waals surface area contributed by atoms with E-state index in [2.05, 4.69) is 10.6 Å². The topological polar surface area (TPSA) is 139 Å². The van der Waals surface area contributed by atoms with Gasteiger partial charge in [-0.15, -0.1) is 0 Å². The van der Waals surface area contributed by atoms with Gasteiger partial charge < -0.3 is 15.7 Å². The van der Waals surface area contributed by atoms with E-state index in [1.165, 1.54) is 0 Å². The van der Waals surface area contributed by atoms with E-state index in [0.717, 1.165) is 0 Å². The van der Waals surface area contributed by atoms with Gasteiger partial charge in [0.25, 0.3) is 0 Å². The zero-order valence-electron chi connectivity index (χ0n) is 11.6. The van der Waals surface area contributed by atoms with Crippen LogP contribution in [0.5, 0.6) is 0 Å². The first-order chi connectivity index (χ1) is 9.20. The molecule has 0 aromatic rings. The number of sulfonamides is 1. The molecule has 8 nitrogen and oxygen atoms in total. The standard InChI is InChI=1S/C11H23N3O5S/c1-9(3-4-10(15)16)5-7-14-11(17)13-6-2-8-20(12,18)19/h9H,2-8H2,1H3,(H,15,16)(H2,12,18,19)(H2,13,14,17). The Kier molecular flexibility index (Phi) is 8.89. The Morgan fingerprint density at radius 3 is 2.35 bits per heavy atom. The van der Waals surface area contributed by atoms with E-state index in [4.69, 9.17) is 10.2 Å². The number of rotatable bonds is 10. The fraction of sp³-hybridized carbons (Fsp3) is 0.818. The zero-order chi connectivity index (χ0) is 15.6. The fourth-order valence-electron chi connectivity index (χ4n) is 1.48. The maximum atomic E-state index is 11.3. The predicted octanol–water partition coefficient (Wildman–Crippen LogP) is -0.145. The Labute approximate surface area is 119 Å². The number of carbonyl (C=O) groups excluding carboxylic acids is 1. The highest BCUT2D eigenvalue weighted by Gasteiger charge is 2.07. The lowest BCUT2D eigenvalue weighted by molar-refractivity contribution is -0.137. The maximum Gasteiger partial charge on any atom is 0.314 e. The Balaban J connectivity index is 3.56. The van der Waals surface area contributed by atoms with Gasteiger partial charge in [0, 0.05) is 19.5 Å². The van der Waals surface area contributed by atoms with Crippen LogP contribution in [0.1, 0.15) is 32.6 Å². The van der Waals surface area contributed by atoms with Crippen LogP contribution in [0.25, 0.3) is 0 Å². The van der Waals surface area contributed by atoms with Gasteiger partial charge in [0.2, 0.25) is 10.0 Å². The van der Waals surface area contributed by atoms with Gasteiger partial charge >= 0.3 is 12.0 Å². The van der Waals surface area contributed by atoms with Crippen LogP contribution in [0.4, 0.5) is 4.79 Å². The Morgan fingerprint density at radius 1 is 1.20 bits per heavy atom. The van der Waals surface area contributed by atoms with Crippen LogP contribution < -0.4 is 15.8 Å². The molecule has 0 bridgehead atoms. The predicted molar refractivity (Wildman–Crippen MR) is 74.6 cm³/mol. The molecule has 0 fully saturated rings. The van der Waals surface area contributed by atoms with Crippen molar-refractivity contribution >= 4 is 22.0 Å². The fourth-order valence-corrected chi connectivity index (χ4v) is 2.03. The molecule has 0 aliphatic rings. The van der Waals surface area contributed by atoms with Crippen molar-refractivity contribution in [3.05, 3.63) is 0 Å². The van der Waals surface area contributed by atoms with E-state index in [1.54, 1.807) is 0 Å². The second-order valence-electron chi connectivity index (χ2n) is 4.73. The summed E-state index contributed by atoms with van der Waals surface area (Å²) in [7, 11) is -3.48. The number of nitrogens with two attached hydrogens (primary N) is 1. The molecule has 9 heteroatoms. The molecule has 0 saturated carbocycles. The van der Waals surface area contributed by atoms with Crippen molar-refractivity contribution in [2.24, 2.45) is 11.1 Å². The summed E-state index contributed by atoms with van der Waals surface area (Å²) >= 11 is 0. The Morgan fingerprint density at radius 2 is 1.80 bits per heavy atom. The molecule has 118 valence electrons. The lowest BCUT2D eigenvalue weighted by Crippen LogP contribution is -2.37. The molecule has 20 heavy (non-hydrogen) atoms. The third-order valence-electron chi connectivity index (χ3n) is 2.66. The highest BCUT2D eigenvalue weighted by Crippen LogP contribution is 2.08. The minimum atomic E-state index is -3.48. The van der Waals surface area contributed by atoms with Crippen molar-refractivity contribution in [1.29, 1.82) is 0 Å². The van der Waals surface area contributed by atoms with Crippen molar-refractivity contribution in [2.75, 3.05) is 18.8 Å². The third kappa shape index (κ3) is 13.1. The summed E-state index contributed by atoms with van der Waals surface area (Å²) in [5.74, 6) is -0.773. The van der Waals surface area contributed by atoms with E-state index in [1.807, 2.05) is 6.92 Å². The molecule has 0 heterocycles. The van der Waals surface area contributed by atoms with Gasteiger partial charge in [-0.1, -0.05) is 6.92 Å². The van der Waals surface area contributed by atoms with E-state index < -0.39 is 16.0 Å². The van der Waals surface area contributed by atoms with Crippen LogP contribution in [0, 0.1) is 5.92 Å². The van der Waals surface area contributed by atoms with Gasteiger partial charge in [-0.25, -0.2) is 18.4 Å². The smallest absolute Gasteiger partial charge is 0.314 e. The number of carboxylic acid groups (broad SMARTS) is 1. The molecule has 0 rings (SSSR count). The SMILES string of the molecule is CC(CCNC(=O)NCCCS(N)(=O)=O)CCC(=O)O. The highest BCUT2D eigenvalue weighted by molar-refractivity contribution is 7.89. The molecule has 1 atom stereocenters. The molecule has 0 aliphatic heterocycles. The van der Waals surface area contributed by atoms with Gasteiger partial charge in [0.1, 0.15) is 0 Å². The minimum absolute atomic E-state index is 0.126. The maximum absolute atomic E-state index is 11.3. The molecule has 2 amide bonds. The zero-order valence-corrected chi connectivity index (χ0v) is 12.4. The van der Waals surface area contributed by atoms with Gasteiger partial charge in [0.05, 0.1) is 5.75 Å². The Hall–Kier alpha value is -1.35. The van der Waals surface area contributed by atoms with Gasteiger partial charge in [-0.05, 0) is 25.2 Å². The second kappa shape index (κ2) is 9.54. The summed E-state index contributed by atoms with van der Waals surface area (Å²) in [6, 6.07) is -0.371. The Bertz CT molecular complexity index is 410. The number of hydrogen-bond donors (Lipinski definition) is 4. The number of hydrogen-bond acceptors (Lipinski definition) is 4. The van der Waals surface area contributed by atoms with E-state index in [0.29, 0.717) is 19.4 Å². The van der Waals surface area contributed by atoms with E-state index >= 15 is 0 Å². The lowest BCUT2D eigenvalue weighted by atomic mass is 10.0. The average molecular weight is 309 g/mol. The molecule has 0 aliphatic carbocycles. The summed E-state index contributed by atoms with van der Waals surface area (Å²) in [5, 5.41) is 18.5. The van der Waals surface area contributed by atoms with Crippen molar-refractivity contribution in [3.63, 3.8) is 0 Å². The number of aliphatic carboxylic acids is 1. The van der Waals surface area contributed by atoms with Crippen molar-refractivity contribution in [3.8, 4) is 0 Å². The number of nitrogens with one attached hydrogen (secondary N) is 2. The largest absolute Gasteiger partial charge is 0.481 e. The molecule has 0 saturated heterocycles. The molecule has 0 radical (unpaired) electrons. The highest BCUT2D eigenvalue weighted by atomic mass is 32.2. The summed E-state index contributed by atoms with van der Waals surface area (Å²) in [5.41, 5.74) is 0. The monoisotopic (exact) mass is 309 g/mol.